The van der Waals surface area contributed by atoms with E-state index in [4.69, 9.17) is 10.2 Å². The molecule has 1 aromatic carbocycles. The van der Waals surface area contributed by atoms with Gasteiger partial charge in [-0.1, -0.05) is 19.1 Å². The quantitative estimate of drug-likeness (QED) is 0.541. The molecule has 0 fully saturated rings. The average molecular weight is 314 g/mol. The Bertz CT molecular complexity index is 830. The van der Waals surface area contributed by atoms with Crippen LogP contribution in [-0.2, 0) is 0 Å². The van der Waals surface area contributed by atoms with Crippen LogP contribution in [-0.4, -0.2) is 26.4 Å². The van der Waals surface area contributed by atoms with Crippen LogP contribution in [0.15, 0.2) is 34.9 Å². The zero-order chi connectivity index (χ0) is 16.4. The lowest BCUT2D eigenvalue weighted by Gasteiger charge is -2.09. The molecule has 2 heterocycles. The van der Waals surface area contributed by atoms with Gasteiger partial charge in [-0.05, 0) is 12.1 Å². The number of hydrogen-bond acceptors (Lipinski definition) is 8. The number of aromatic nitrogens is 3. The molecule has 0 saturated heterocycles. The van der Waals surface area contributed by atoms with Gasteiger partial charge in [0, 0.05) is 6.54 Å². The van der Waals surface area contributed by atoms with E-state index in [2.05, 4.69) is 20.3 Å². The smallest absolute Gasteiger partial charge is 0.329 e. The summed E-state index contributed by atoms with van der Waals surface area (Å²) in [5.41, 5.74) is 6.73. The average Bonchev–Trinajstić information content (AvgIpc) is 2.96. The summed E-state index contributed by atoms with van der Waals surface area (Å²) >= 11 is 0. The normalized spacial score (nSPS) is 12.2. The van der Waals surface area contributed by atoms with Crippen molar-refractivity contribution in [3.63, 3.8) is 0 Å². The van der Waals surface area contributed by atoms with E-state index in [0.29, 0.717) is 12.4 Å². The van der Waals surface area contributed by atoms with Gasteiger partial charge in [0.1, 0.15) is 11.7 Å². The monoisotopic (exact) mass is 314 g/mol. The fraction of sp³-hybridized carbons (Fsp3) is 0.214. The lowest BCUT2D eigenvalue weighted by molar-refractivity contribution is -0.384. The molecule has 3 aromatic rings. The lowest BCUT2D eigenvalue weighted by Crippen LogP contribution is -2.13. The molecule has 0 saturated carbocycles. The van der Waals surface area contributed by atoms with Crippen LogP contribution < -0.4 is 11.1 Å². The highest BCUT2D eigenvalue weighted by Gasteiger charge is 2.16. The van der Waals surface area contributed by atoms with Gasteiger partial charge >= 0.3 is 5.69 Å². The van der Waals surface area contributed by atoms with Crippen LogP contribution in [0.25, 0.3) is 11.1 Å². The molecule has 23 heavy (non-hydrogen) atoms. The van der Waals surface area contributed by atoms with E-state index in [-0.39, 0.29) is 23.4 Å². The summed E-state index contributed by atoms with van der Waals surface area (Å²) in [7, 11) is 0. The van der Waals surface area contributed by atoms with Crippen molar-refractivity contribution in [1.29, 1.82) is 0 Å². The standard InChI is InChI=1S/C14H14N6O3/c1-8(13-18-9-4-2-3-5-11(9)23-13)6-16-14-17-7-10(20(21)22)12(15)19-14/h2-5,7-8H,6H2,1H3,(H3,15,16,17,19). The van der Waals surface area contributed by atoms with Crippen LogP contribution in [0.2, 0.25) is 0 Å². The van der Waals surface area contributed by atoms with Crippen LogP contribution in [0, 0.1) is 10.1 Å². The minimum absolute atomic E-state index is 0.0394. The third-order valence-electron chi connectivity index (χ3n) is 3.29. The molecule has 0 aliphatic rings. The number of fused-ring (bicyclic) bond motifs is 1. The maximum Gasteiger partial charge on any atom is 0.329 e. The molecule has 0 aliphatic carbocycles. The summed E-state index contributed by atoms with van der Waals surface area (Å²) in [6.07, 6.45) is 1.08. The highest BCUT2D eigenvalue weighted by molar-refractivity contribution is 5.72. The molecule has 2 aromatic heterocycles. The molecular weight excluding hydrogens is 300 g/mol. The van der Waals surface area contributed by atoms with E-state index in [1.807, 2.05) is 31.2 Å². The van der Waals surface area contributed by atoms with E-state index in [1.54, 1.807) is 0 Å². The van der Waals surface area contributed by atoms with Crippen molar-refractivity contribution in [2.75, 3.05) is 17.6 Å². The van der Waals surface area contributed by atoms with E-state index in [0.717, 1.165) is 17.3 Å². The Morgan fingerprint density at radius 2 is 2.17 bits per heavy atom. The Labute approximate surface area is 130 Å². The number of benzene rings is 1. The fourth-order valence-corrected chi connectivity index (χ4v) is 2.05. The predicted octanol–water partition coefficient (Wildman–Crippen LogP) is 2.32. The number of anilines is 2. The Morgan fingerprint density at radius 3 is 2.87 bits per heavy atom. The molecule has 3 rings (SSSR count). The summed E-state index contributed by atoms with van der Waals surface area (Å²) in [6, 6.07) is 7.51. The van der Waals surface area contributed by atoms with E-state index in [1.165, 1.54) is 0 Å². The van der Waals surface area contributed by atoms with Crippen LogP contribution >= 0.6 is 0 Å². The number of hydrogen-bond donors (Lipinski definition) is 2. The van der Waals surface area contributed by atoms with Gasteiger partial charge in [-0.2, -0.15) is 4.98 Å². The van der Waals surface area contributed by atoms with E-state index in [9.17, 15) is 10.1 Å². The van der Waals surface area contributed by atoms with Gasteiger partial charge in [0.25, 0.3) is 0 Å². The minimum Gasteiger partial charge on any atom is -0.440 e. The van der Waals surface area contributed by atoms with Gasteiger partial charge in [-0.25, -0.2) is 9.97 Å². The third kappa shape index (κ3) is 3.03. The van der Waals surface area contributed by atoms with Gasteiger partial charge in [-0.15, -0.1) is 0 Å². The first-order valence-electron chi connectivity index (χ1n) is 6.91. The first-order valence-corrected chi connectivity index (χ1v) is 6.91. The highest BCUT2D eigenvalue weighted by atomic mass is 16.6. The molecule has 3 N–H and O–H groups in total. The summed E-state index contributed by atoms with van der Waals surface area (Å²) in [6.45, 7) is 2.39. The summed E-state index contributed by atoms with van der Waals surface area (Å²) in [5, 5.41) is 13.6. The van der Waals surface area contributed by atoms with E-state index < -0.39 is 4.92 Å². The van der Waals surface area contributed by atoms with E-state index >= 15 is 0 Å². The maximum atomic E-state index is 10.7. The first-order chi connectivity index (χ1) is 11.0. The number of nitrogens with zero attached hydrogens (tertiary/aromatic N) is 4. The van der Waals surface area contributed by atoms with Crippen LogP contribution in [0.5, 0.6) is 0 Å². The second kappa shape index (κ2) is 5.87. The number of oxazole rings is 1. The number of rotatable bonds is 5. The summed E-state index contributed by atoms with van der Waals surface area (Å²) in [5.74, 6) is 0.592. The molecular formula is C14H14N6O3. The molecule has 1 unspecified atom stereocenters. The number of nitrogen functional groups attached to an aromatic ring is 1. The van der Waals surface area contributed by atoms with Gasteiger partial charge < -0.3 is 15.5 Å². The van der Waals surface area contributed by atoms with Gasteiger partial charge in [0.15, 0.2) is 11.5 Å². The highest BCUT2D eigenvalue weighted by Crippen LogP contribution is 2.22. The molecule has 0 aliphatic heterocycles. The van der Waals surface area contributed by atoms with Crippen molar-refractivity contribution in [2.45, 2.75) is 12.8 Å². The maximum absolute atomic E-state index is 10.7. The molecule has 9 heteroatoms. The van der Waals surface area contributed by atoms with Gasteiger partial charge in [0.05, 0.1) is 10.8 Å². The SMILES string of the molecule is CC(CNc1ncc([N+](=O)[O-])c(N)n1)c1nc2ccccc2o1. The number of nitro groups is 1. The Hall–Kier alpha value is -3.23. The van der Waals surface area contributed by atoms with Crippen molar-refractivity contribution in [3.8, 4) is 0 Å². The van der Waals surface area contributed by atoms with Crippen LogP contribution in [0.1, 0.15) is 18.7 Å². The number of nitrogens with two attached hydrogens (primary N) is 1. The van der Waals surface area contributed by atoms with Crippen LogP contribution in [0.3, 0.4) is 0 Å². The third-order valence-corrected chi connectivity index (χ3v) is 3.29. The fourth-order valence-electron chi connectivity index (χ4n) is 2.05. The molecule has 0 bridgehead atoms. The van der Waals surface area contributed by atoms with Gasteiger partial charge in [0.2, 0.25) is 11.8 Å². The largest absolute Gasteiger partial charge is 0.440 e. The van der Waals surface area contributed by atoms with Gasteiger partial charge in [-0.3, -0.25) is 10.1 Å². The lowest BCUT2D eigenvalue weighted by atomic mass is 10.2. The van der Waals surface area contributed by atoms with Crippen molar-refractivity contribution in [2.24, 2.45) is 0 Å². The van der Waals surface area contributed by atoms with Crippen molar-refractivity contribution in [3.05, 3.63) is 46.5 Å². The first kappa shape index (κ1) is 14.7. The second-order valence-electron chi connectivity index (χ2n) is 5.02. The molecule has 1 atom stereocenters. The Balaban J connectivity index is 1.70. The summed E-state index contributed by atoms with van der Waals surface area (Å²) < 4.78 is 5.69. The van der Waals surface area contributed by atoms with Crippen molar-refractivity contribution < 1.29 is 9.34 Å². The Kier molecular flexibility index (Phi) is 3.75. The molecule has 118 valence electrons. The number of para-hydroxylation sites is 2. The molecule has 0 spiro atoms. The predicted molar refractivity (Wildman–Crippen MR) is 84.0 cm³/mol. The summed E-state index contributed by atoms with van der Waals surface area (Å²) in [4.78, 5) is 22.2. The zero-order valence-corrected chi connectivity index (χ0v) is 12.3. The van der Waals surface area contributed by atoms with Crippen molar-refractivity contribution >= 4 is 28.6 Å². The zero-order valence-electron chi connectivity index (χ0n) is 12.3. The number of nitrogens with one attached hydrogen (secondary N) is 1. The molecule has 9 nitrogen and oxygen atoms in total. The van der Waals surface area contributed by atoms with Crippen LogP contribution in [0.4, 0.5) is 17.5 Å². The second-order valence-corrected chi connectivity index (χ2v) is 5.02. The molecule has 0 radical (unpaired) electrons. The topological polar surface area (TPSA) is 133 Å². The molecule has 0 amide bonds. The minimum atomic E-state index is -0.625. The Morgan fingerprint density at radius 1 is 1.39 bits per heavy atom. The van der Waals surface area contributed by atoms with Crippen molar-refractivity contribution in [1.82, 2.24) is 15.0 Å².